The summed E-state index contributed by atoms with van der Waals surface area (Å²) in [5.74, 6) is 0.468. The first kappa shape index (κ1) is 38.8. The highest BCUT2D eigenvalue weighted by Crippen LogP contribution is 2.37. The van der Waals surface area contributed by atoms with Gasteiger partial charge in [0.05, 0.1) is 12.7 Å². The molecule has 2 fully saturated rings. The average Bonchev–Trinajstić information content (AvgIpc) is 3.63. The van der Waals surface area contributed by atoms with E-state index in [9.17, 15) is 0 Å². The number of nitrogens with zero attached hydrogens (tertiary/aromatic N) is 1. The summed E-state index contributed by atoms with van der Waals surface area (Å²) in [7, 11) is 2.25. The van der Waals surface area contributed by atoms with Crippen molar-refractivity contribution in [1.29, 1.82) is 0 Å². The first-order valence-electron chi connectivity index (χ1n) is 19.0. The van der Waals surface area contributed by atoms with E-state index < -0.39 is 0 Å². The Labute approximate surface area is 274 Å². The van der Waals surface area contributed by atoms with Crippen molar-refractivity contribution in [1.82, 2.24) is 4.90 Å². The molecule has 252 valence electrons. The van der Waals surface area contributed by atoms with Gasteiger partial charge in [-0.05, 0) is 109 Å². The molecule has 2 aliphatic rings. The fourth-order valence-corrected chi connectivity index (χ4v) is 6.77. The van der Waals surface area contributed by atoms with Crippen molar-refractivity contribution in [3.05, 3.63) is 54.3 Å². The molecule has 0 radical (unpaired) electrons. The first-order valence-corrected chi connectivity index (χ1v) is 19.0. The summed E-state index contributed by atoms with van der Waals surface area (Å²) in [6.45, 7) is 7.54. The van der Waals surface area contributed by atoms with Crippen LogP contribution in [0.2, 0.25) is 0 Å². The fraction of sp³-hybridized carbons (Fsp3) is 0.780. The standard InChI is InChI=1S/C41H71NO2/c1-4-6-8-10-12-14-16-18-19-20-21-23-25-27-29-31-34-41(43-38-40(44-41)36-39-32-35-42(3)37-39)33-30-28-26-24-22-17-15-13-11-9-7-5-2/h5,9,11-14,18-19,39-40H,4,6,8,10,15-17,20-38H2,1-3H3/b13-11-,14-12-,19-18-. The van der Waals surface area contributed by atoms with Crippen LogP contribution in [0.5, 0.6) is 0 Å². The number of unbranched alkanes of at least 4 members (excludes halogenated alkanes) is 15. The average molecular weight is 610 g/mol. The van der Waals surface area contributed by atoms with Crippen molar-refractivity contribution in [2.24, 2.45) is 5.92 Å². The van der Waals surface area contributed by atoms with Gasteiger partial charge in [0.15, 0.2) is 5.79 Å². The summed E-state index contributed by atoms with van der Waals surface area (Å²) in [4.78, 5) is 2.47. The number of likely N-dealkylation sites (tertiary alicyclic amines) is 1. The van der Waals surface area contributed by atoms with E-state index in [0.717, 1.165) is 31.8 Å². The number of ether oxygens (including phenoxy) is 2. The van der Waals surface area contributed by atoms with Crippen molar-refractivity contribution >= 4 is 0 Å². The predicted molar refractivity (Wildman–Crippen MR) is 192 cm³/mol. The van der Waals surface area contributed by atoms with Gasteiger partial charge in [0.2, 0.25) is 0 Å². The zero-order valence-electron chi connectivity index (χ0n) is 29.4. The maximum absolute atomic E-state index is 6.80. The van der Waals surface area contributed by atoms with Crippen LogP contribution in [0, 0.1) is 5.92 Å². The molecule has 0 aromatic rings. The van der Waals surface area contributed by atoms with Gasteiger partial charge in [0.25, 0.3) is 0 Å². The van der Waals surface area contributed by atoms with E-state index in [1.54, 1.807) is 0 Å². The van der Waals surface area contributed by atoms with Gasteiger partial charge in [-0.15, -0.1) is 5.73 Å². The molecule has 0 bridgehead atoms. The van der Waals surface area contributed by atoms with E-state index in [2.05, 4.69) is 61.1 Å². The molecule has 2 aliphatic heterocycles. The highest BCUT2D eigenvalue weighted by molar-refractivity contribution is 5.01. The second-order valence-electron chi connectivity index (χ2n) is 13.7. The van der Waals surface area contributed by atoms with Crippen LogP contribution in [-0.4, -0.2) is 43.5 Å². The van der Waals surface area contributed by atoms with Gasteiger partial charge in [-0.3, -0.25) is 0 Å². The number of allylic oxidation sites excluding steroid dienone is 7. The quantitative estimate of drug-likeness (QED) is 0.0400. The minimum Gasteiger partial charge on any atom is -0.347 e. The zero-order valence-corrected chi connectivity index (χ0v) is 29.4. The molecule has 0 saturated carbocycles. The van der Waals surface area contributed by atoms with Crippen LogP contribution >= 0.6 is 0 Å². The van der Waals surface area contributed by atoms with Gasteiger partial charge in [0, 0.05) is 19.4 Å². The Morgan fingerprint density at radius 2 is 1.34 bits per heavy atom. The van der Waals surface area contributed by atoms with E-state index in [-0.39, 0.29) is 5.79 Å². The third kappa shape index (κ3) is 19.9. The van der Waals surface area contributed by atoms with Gasteiger partial charge in [-0.25, -0.2) is 0 Å². The van der Waals surface area contributed by atoms with E-state index in [1.165, 1.54) is 142 Å². The lowest BCUT2D eigenvalue weighted by molar-refractivity contribution is -0.180. The van der Waals surface area contributed by atoms with E-state index in [1.807, 2.05) is 19.1 Å². The van der Waals surface area contributed by atoms with E-state index in [4.69, 9.17) is 9.47 Å². The molecule has 0 aliphatic carbocycles. The highest BCUT2D eigenvalue weighted by atomic mass is 16.7. The molecule has 0 N–H and O–H groups in total. The molecule has 0 aromatic heterocycles. The summed E-state index contributed by atoms with van der Waals surface area (Å²) in [6, 6.07) is 0. The minimum atomic E-state index is -0.310. The molecular weight excluding hydrogens is 538 g/mol. The van der Waals surface area contributed by atoms with Crippen LogP contribution in [0.25, 0.3) is 0 Å². The van der Waals surface area contributed by atoms with Gasteiger partial charge in [-0.2, -0.15) is 0 Å². The van der Waals surface area contributed by atoms with Gasteiger partial charge < -0.3 is 14.4 Å². The largest absolute Gasteiger partial charge is 0.347 e. The molecule has 3 nitrogen and oxygen atoms in total. The van der Waals surface area contributed by atoms with Crippen molar-refractivity contribution in [3.63, 3.8) is 0 Å². The van der Waals surface area contributed by atoms with Gasteiger partial charge >= 0.3 is 0 Å². The summed E-state index contributed by atoms with van der Waals surface area (Å²) in [5, 5.41) is 0. The molecule has 0 amide bonds. The Hall–Kier alpha value is -1.38. The minimum absolute atomic E-state index is 0.298. The molecule has 2 heterocycles. The normalized spacial score (nSPS) is 22.6. The second kappa shape index (κ2) is 26.8. The van der Waals surface area contributed by atoms with Crippen LogP contribution < -0.4 is 0 Å². The summed E-state index contributed by atoms with van der Waals surface area (Å²) >= 11 is 0. The van der Waals surface area contributed by atoms with Crippen molar-refractivity contribution in [2.75, 3.05) is 26.7 Å². The molecular formula is C41H71NO2. The molecule has 2 saturated heterocycles. The maximum atomic E-state index is 6.80. The highest BCUT2D eigenvalue weighted by Gasteiger charge is 2.41. The second-order valence-corrected chi connectivity index (χ2v) is 13.7. The summed E-state index contributed by atoms with van der Waals surface area (Å²) in [6.07, 6.45) is 47.2. The van der Waals surface area contributed by atoms with Crippen LogP contribution in [-0.2, 0) is 9.47 Å². The van der Waals surface area contributed by atoms with Crippen LogP contribution in [0.15, 0.2) is 54.3 Å². The van der Waals surface area contributed by atoms with Gasteiger partial charge in [-0.1, -0.05) is 108 Å². The molecule has 3 unspecified atom stereocenters. The fourth-order valence-electron chi connectivity index (χ4n) is 6.77. The lowest BCUT2D eigenvalue weighted by atomic mass is 9.98. The molecule has 2 rings (SSSR count). The third-order valence-electron chi connectivity index (χ3n) is 9.43. The number of rotatable bonds is 27. The van der Waals surface area contributed by atoms with Crippen molar-refractivity contribution < 1.29 is 9.47 Å². The Balaban J connectivity index is 1.59. The molecule has 0 spiro atoms. The number of hydrogen-bond donors (Lipinski definition) is 0. The Bertz CT molecular complexity index is 822. The maximum Gasteiger partial charge on any atom is 0.168 e. The Morgan fingerprint density at radius 3 is 1.93 bits per heavy atom. The third-order valence-corrected chi connectivity index (χ3v) is 9.43. The van der Waals surface area contributed by atoms with Crippen LogP contribution in [0.3, 0.4) is 0 Å². The summed E-state index contributed by atoms with van der Waals surface area (Å²) in [5.41, 5.74) is 3.10. The monoisotopic (exact) mass is 610 g/mol. The van der Waals surface area contributed by atoms with Gasteiger partial charge in [0.1, 0.15) is 0 Å². The molecule has 44 heavy (non-hydrogen) atoms. The lowest BCUT2D eigenvalue weighted by Crippen LogP contribution is -2.31. The Morgan fingerprint density at radius 1 is 0.750 bits per heavy atom. The van der Waals surface area contributed by atoms with E-state index in [0.29, 0.717) is 6.10 Å². The smallest absolute Gasteiger partial charge is 0.168 e. The molecule has 3 atom stereocenters. The predicted octanol–water partition coefficient (Wildman–Crippen LogP) is 12.1. The topological polar surface area (TPSA) is 21.7 Å². The summed E-state index contributed by atoms with van der Waals surface area (Å²) < 4.78 is 13.3. The number of hydrogen-bond acceptors (Lipinski definition) is 3. The SMILES string of the molecule is CC=C=C/C=C\CCCCCCCCC1(CCCCCCCC/C=C\C/C=C\CCCCC)OCC(CC2CCN(C)C2)O1. The molecule has 3 heteroatoms. The first-order chi connectivity index (χ1) is 21.7. The van der Waals surface area contributed by atoms with Crippen molar-refractivity contribution in [3.8, 4) is 0 Å². The molecule has 0 aromatic carbocycles. The van der Waals surface area contributed by atoms with Crippen molar-refractivity contribution in [2.45, 2.75) is 173 Å². The lowest BCUT2D eigenvalue weighted by Gasteiger charge is -2.29. The zero-order chi connectivity index (χ0) is 31.4. The van der Waals surface area contributed by atoms with Crippen LogP contribution in [0.1, 0.15) is 162 Å². The van der Waals surface area contributed by atoms with E-state index >= 15 is 0 Å². The van der Waals surface area contributed by atoms with Crippen LogP contribution in [0.4, 0.5) is 0 Å². The Kier molecular flexibility index (Phi) is 23.6.